The number of aryl methyl sites for hydroxylation is 1. The lowest BCUT2D eigenvalue weighted by atomic mass is 10.1. The first-order valence-corrected chi connectivity index (χ1v) is 8.82. The van der Waals surface area contributed by atoms with E-state index in [1.165, 1.54) is 23.2 Å². The Morgan fingerprint density at radius 2 is 1.84 bits per heavy atom. The Balaban J connectivity index is 1.55. The molecule has 0 saturated heterocycles. The summed E-state index contributed by atoms with van der Waals surface area (Å²) < 4.78 is 5.84. The molecule has 2 aromatic carbocycles. The molecule has 4 nitrogen and oxygen atoms in total. The van der Waals surface area contributed by atoms with Crippen LogP contribution in [0.3, 0.4) is 0 Å². The van der Waals surface area contributed by atoms with Crippen LogP contribution < -0.4 is 10.3 Å². The summed E-state index contributed by atoms with van der Waals surface area (Å²) in [6, 6.07) is 16.1. The molecule has 0 unspecified atom stereocenters. The van der Waals surface area contributed by atoms with E-state index in [-0.39, 0.29) is 5.56 Å². The van der Waals surface area contributed by atoms with E-state index in [0.29, 0.717) is 12.0 Å². The van der Waals surface area contributed by atoms with E-state index in [1.54, 1.807) is 0 Å². The van der Waals surface area contributed by atoms with E-state index in [9.17, 15) is 4.79 Å². The smallest absolute Gasteiger partial charge is 0.260 e. The first kappa shape index (κ1) is 15.6. The number of ether oxygens (including phenoxy) is 1. The van der Waals surface area contributed by atoms with Crippen molar-refractivity contribution in [2.45, 2.75) is 13.5 Å². The molecule has 25 heavy (non-hydrogen) atoms. The maximum atomic E-state index is 12.1. The fourth-order valence-corrected chi connectivity index (χ4v) is 3.60. The van der Waals surface area contributed by atoms with Gasteiger partial charge in [0.2, 0.25) is 0 Å². The van der Waals surface area contributed by atoms with Crippen LogP contribution in [-0.4, -0.2) is 9.97 Å². The van der Waals surface area contributed by atoms with Gasteiger partial charge in [-0.05, 0) is 30.2 Å². The Kier molecular flexibility index (Phi) is 4.07. The second-order valence-corrected chi connectivity index (χ2v) is 6.72. The second kappa shape index (κ2) is 6.53. The average Bonchev–Trinajstić information content (AvgIpc) is 3.07. The summed E-state index contributed by atoms with van der Waals surface area (Å²) in [6.07, 6.45) is 1.44. The van der Waals surface area contributed by atoms with E-state index in [4.69, 9.17) is 4.74 Å². The van der Waals surface area contributed by atoms with Crippen molar-refractivity contribution in [3.8, 4) is 16.9 Å². The Labute approximate surface area is 148 Å². The number of benzene rings is 2. The quantitative estimate of drug-likeness (QED) is 0.589. The maximum Gasteiger partial charge on any atom is 0.260 e. The number of nitrogens with one attached hydrogen (secondary N) is 1. The van der Waals surface area contributed by atoms with Crippen molar-refractivity contribution in [1.29, 1.82) is 0 Å². The molecule has 0 aliphatic heterocycles. The molecule has 1 N–H and O–H groups in total. The predicted molar refractivity (Wildman–Crippen MR) is 101 cm³/mol. The van der Waals surface area contributed by atoms with Crippen LogP contribution in [0.4, 0.5) is 0 Å². The number of nitrogens with zero attached hydrogens (tertiary/aromatic N) is 1. The number of rotatable bonds is 4. The molecule has 2 heterocycles. The lowest BCUT2D eigenvalue weighted by molar-refractivity contribution is 0.306. The van der Waals surface area contributed by atoms with Gasteiger partial charge < -0.3 is 9.72 Å². The largest absolute Gasteiger partial charge is 0.489 e. The molecular weight excluding hydrogens is 332 g/mol. The van der Waals surface area contributed by atoms with Gasteiger partial charge in [-0.15, -0.1) is 11.3 Å². The van der Waals surface area contributed by atoms with Crippen molar-refractivity contribution in [2.24, 2.45) is 0 Å². The van der Waals surface area contributed by atoms with E-state index in [2.05, 4.69) is 41.2 Å². The van der Waals surface area contributed by atoms with Crippen molar-refractivity contribution in [1.82, 2.24) is 9.97 Å². The molecule has 0 radical (unpaired) electrons. The van der Waals surface area contributed by atoms with E-state index in [1.807, 2.05) is 29.6 Å². The summed E-state index contributed by atoms with van der Waals surface area (Å²) >= 11 is 1.47. The third kappa shape index (κ3) is 3.19. The molecule has 0 spiro atoms. The summed E-state index contributed by atoms with van der Waals surface area (Å²) in [6.45, 7) is 2.60. The van der Waals surface area contributed by atoms with Crippen molar-refractivity contribution < 1.29 is 4.74 Å². The normalized spacial score (nSPS) is 10.9. The molecule has 0 atom stereocenters. The summed E-state index contributed by atoms with van der Waals surface area (Å²) in [7, 11) is 0. The van der Waals surface area contributed by atoms with Crippen molar-refractivity contribution in [3.05, 3.63) is 81.7 Å². The van der Waals surface area contributed by atoms with E-state index in [0.717, 1.165) is 27.3 Å². The number of thiophene rings is 1. The molecule has 0 amide bonds. The van der Waals surface area contributed by atoms with Crippen LogP contribution >= 0.6 is 11.3 Å². The summed E-state index contributed by atoms with van der Waals surface area (Å²) in [5, 5.41) is 2.61. The van der Waals surface area contributed by atoms with Crippen LogP contribution in [0.2, 0.25) is 0 Å². The van der Waals surface area contributed by atoms with Gasteiger partial charge in [0.25, 0.3) is 5.56 Å². The molecule has 124 valence electrons. The number of hydrogen-bond donors (Lipinski definition) is 1. The highest BCUT2D eigenvalue weighted by Crippen LogP contribution is 2.31. The second-order valence-electron chi connectivity index (χ2n) is 5.86. The van der Waals surface area contributed by atoms with Crippen LogP contribution in [0.15, 0.2) is 65.0 Å². The highest BCUT2D eigenvalue weighted by molar-refractivity contribution is 7.17. The van der Waals surface area contributed by atoms with Gasteiger partial charge in [-0.25, -0.2) is 4.98 Å². The van der Waals surface area contributed by atoms with Crippen LogP contribution in [0.5, 0.6) is 5.75 Å². The Bertz CT molecular complexity index is 1060. The molecule has 2 aromatic heterocycles. The third-order valence-corrected chi connectivity index (χ3v) is 4.95. The number of aromatic nitrogens is 2. The lowest BCUT2D eigenvalue weighted by Gasteiger charge is -2.07. The van der Waals surface area contributed by atoms with Gasteiger partial charge in [0.15, 0.2) is 0 Å². The Hall–Kier alpha value is -2.92. The average molecular weight is 348 g/mol. The van der Waals surface area contributed by atoms with Gasteiger partial charge in [-0.3, -0.25) is 4.79 Å². The molecule has 0 fully saturated rings. The molecule has 4 rings (SSSR count). The number of aromatic amines is 1. The Morgan fingerprint density at radius 3 is 2.60 bits per heavy atom. The predicted octanol–water partition coefficient (Wildman–Crippen LogP) is 4.54. The number of H-pyrrole nitrogens is 1. The molecule has 0 bridgehead atoms. The summed E-state index contributed by atoms with van der Waals surface area (Å²) in [5.41, 5.74) is 4.14. The van der Waals surface area contributed by atoms with Gasteiger partial charge in [0.1, 0.15) is 17.2 Å². The van der Waals surface area contributed by atoms with Gasteiger partial charge in [0.05, 0.1) is 11.7 Å². The molecule has 5 heteroatoms. The van der Waals surface area contributed by atoms with Gasteiger partial charge >= 0.3 is 0 Å². The van der Waals surface area contributed by atoms with Gasteiger partial charge in [-0.2, -0.15) is 0 Å². The standard InChI is InChI=1S/C20H16N2O2S/c1-13-2-4-14(5-3-13)10-24-16-8-6-15(7-9-16)17-11-25-20-18(17)19(23)21-12-22-20/h2-9,11-12H,10H2,1H3,(H,21,22,23). The number of fused-ring (bicyclic) bond motifs is 1. The molecule has 0 aliphatic rings. The zero-order valence-electron chi connectivity index (χ0n) is 13.7. The third-order valence-electron chi connectivity index (χ3n) is 4.07. The summed E-state index contributed by atoms with van der Waals surface area (Å²) in [4.78, 5) is 19.7. The minimum atomic E-state index is -0.110. The minimum Gasteiger partial charge on any atom is -0.489 e. The lowest BCUT2D eigenvalue weighted by Crippen LogP contribution is -2.05. The van der Waals surface area contributed by atoms with Crippen LogP contribution in [0.1, 0.15) is 11.1 Å². The number of hydrogen-bond acceptors (Lipinski definition) is 4. The van der Waals surface area contributed by atoms with Gasteiger partial charge in [-0.1, -0.05) is 42.0 Å². The van der Waals surface area contributed by atoms with Crippen LogP contribution in [-0.2, 0) is 6.61 Å². The topological polar surface area (TPSA) is 55.0 Å². The maximum absolute atomic E-state index is 12.1. The molecule has 0 aliphatic carbocycles. The van der Waals surface area contributed by atoms with E-state index < -0.39 is 0 Å². The van der Waals surface area contributed by atoms with Crippen LogP contribution in [0.25, 0.3) is 21.3 Å². The molecular formula is C20H16N2O2S. The fourth-order valence-electron chi connectivity index (χ4n) is 2.68. The minimum absolute atomic E-state index is 0.110. The van der Waals surface area contributed by atoms with Crippen molar-refractivity contribution in [2.75, 3.05) is 0 Å². The Morgan fingerprint density at radius 1 is 1.08 bits per heavy atom. The highest BCUT2D eigenvalue weighted by Gasteiger charge is 2.10. The SMILES string of the molecule is Cc1ccc(COc2ccc(-c3csc4nc[nH]c(=O)c34)cc2)cc1. The van der Waals surface area contributed by atoms with Crippen molar-refractivity contribution in [3.63, 3.8) is 0 Å². The zero-order chi connectivity index (χ0) is 17.2. The van der Waals surface area contributed by atoms with Gasteiger partial charge in [0, 0.05) is 10.9 Å². The first-order chi connectivity index (χ1) is 12.2. The monoisotopic (exact) mass is 348 g/mol. The first-order valence-electron chi connectivity index (χ1n) is 7.94. The molecule has 0 saturated carbocycles. The van der Waals surface area contributed by atoms with Crippen LogP contribution in [0, 0.1) is 6.92 Å². The highest BCUT2D eigenvalue weighted by atomic mass is 32.1. The summed E-state index contributed by atoms with van der Waals surface area (Å²) in [5.74, 6) is 0.802. The molecule has 4 aromatic rings. The fraction of sp³-hybridized carbons (Fsp3) is 0.100. The van der Waals surface area contributed by atoms with E-state index >= 15 is 0 Å². The van der Waals surface area contributed by atoms with Crippen molar-refractivity contribution >= 4 is 21.6 Å². The zero-order valence-corrected chi connectivity index (χ0v) is 14.5.